The molecule has 0 aromatic heterocycles. The number of hydrogen-bond donors (Lipinski definition) is 2. The van der Waals surface area contributed by atoms with Crippen molar-refractivity contribution in [2.45, 2.75) is 58.4 Å². The third kappa shape index (κ3) is 8.23. The lowest BCUT2D eigenvalue weighted by atomic mass is 10.0. The first kappa shape index (κ1) is 21.5. The van der Waals surface area contributed by atoms with E-state index in [9.17, 15) is 0 Å². The van der Waals surface area contributed by atoms with Gasteiger partial charge in [0.05, 0.1) is 19.8 Å². The number of nitrogens with one attached hydrogen (secondary N) is 2. The number of rotatable bonds is 10. The number of aliphatic imine (C=N–C) groups is 1. The fourth-order valence-corrected chi connectivity index (χ4v) is 3.79. The molecule has 2 aliphatic heterocycles. The minimum atomic E-state index is 0.624. The highest BCUT2D eigenvalue weighted by Crippen LogP contribution is 2.17. The smallest absolute Gasteiger partial charge is 0.191 e. The molecule has 0 radical (unpaired) electrons. The Balaban J connectivity index is 1.71. The Morgan fingerprint density at radius 3 is 2.65 bits per heavy atom. The predicted octanol–water partition coefficient (Wildman–Crippen LogP) is 1.92. The summed E-state index contributed by atoms with van der Waals surface area (Å²) >= 11 is 0. The molecule has 26 heavy (non-hydrogen) atoms. The van der Waals surface area contributed by atoms with E-state index in [0.717, 1.165) is 64.9 Å². The predicted molar refractivity (Wildman–Crippen MR) is 110 cm³/mol. The van der Waals surface area contributed by atoms with Gasteiger partial charge in [0.25, 0.3) is 0 Å². The van der Waals surface area contributed by atoms with Crippen molar-refractivity contribution in [1.29, 1.82) is 0 Å². The first-order valence-corrected chi connectivity index (χ1v) is 10.9. The average Bonchev–Trinajstić information content (AvgIpc) is 2.69. The maximum atomic E-state index is 5.41. The summed E-state index contributed by atoms with van der Waals surface area (Å²) in [4.78, 5) is 10.1. The van der Waals surface area contributed by atoms with Gasteiger partial charge in [0, 0.05) is 32.2 Å². The van der Waals surface area contributed by atoms with E-state index in [4.69, 9.17) is 9.73 Å². The van der Waals surface area contributed by atoms with E-state index in [-0.39, 0.29) is 0 Å². The number of unbranched alkanes of at least 4 members (excludes halogenated alkanes) is 1. The van der Waals surface area contributed by atoms with Crippen LogP contribution in [0.4, 0.5) is 0 Å². The lowest BCUT2D eigenvalue weighted by molar-refractivity contribution is 0.0376. The highest BCUT2D eigenvalue weighted by molar-refractivity contribution is 5.79. The van der Waals surface area contributed by atoms with Crippen molar-refractivity contribution >= 4 is 5.96 Å². The summed E-state index contributed by atoms with van der Waals surface area (Å²) in [7, 11) is 0. The second-order valence-corrected chi connectivity index (χ2v) is 7.49. The lowest BCUT2D eigenvalue weighted by Crippen LogP contribution is -2.44. The van der Waals surface area contributed by atoms with Crippen molar-refractivity contribution in [3.05, 3.63) is 0 Å². The van der Waals surface area contributed by atoms with E-state index in [1.165, 1.54) is 45.2 Å². The number of piperidine rings is 1. The van der Waals surface area contributed by atoms with E-state index in [0.29, 0.717) is 6.04 Å². The number of guanidine groups is 1. The largest absolute Gasteiger partial charge is 0.379 e. The van der Waals surface area contributed by atoms with Crippen LogP contribution >= 0.6 is 0 Å². The second-order valence-electron chi connectivity index (χ2n) is 7.49. The van der Waals surface area contributed by atoms with E-state index in [1.807, 2.05) is 0 Å². The van der Waals surface area contributed by atoms with Gasteiger partial charge >= 0.3 is 0 Å². The minimum Gasteiger partial charge on any atom is -0.379 e. The van der Waals surface area contributed by atoms with Gasteiger partial charge in [-0.15, -0.1) is 0 Å². The number of hydrogen-bond acceptors (Lipinski definition) is 4. The SMILES string of the molecule is CCCCN1CCCCC1CN=C(NCC)NCCCN1CCOCC1. The Bertz CT molecular complexity index is 384. The van der Waals surface area contributed by atoms with Gasteiger partial charge in [0.1, 0.15) is 0 Å². The Labute approximate surface area is 160 Å². The Morgan fingerprint density at radius 1 is 1.04 bits per heavy atom. The highest BCUT2D eigenvalue weighted by Gasteiger charge is 2.21. The number of nitrogens with zero attached hydrogens (tertiary/aromatic N) is 3. The van der Waals surface area contributed by atoms with Gasteiger partial charge in [0.2, 0.25) is 0 Å². The van der Waals surface area contributed by atoms with E-state index in [2.05, 4.69) is 34.3 Å². The zero-order valence-electron chi connectivity index (χ0n) is 17.1. The maximum Gasteiger partial charge on any atom is 0.191 e. The van der Waals surface area contributed by atoms with Crippen molar-refractivity contribution in [3.8, 4) is 0 Å². The molecule has 2 rings (SSSR count). The molecule has 152 valence electrons. The maximum absolute atomic E-state index is 5.41. The van der Waals surface area contributed by atoms with E-state index < -0.39 is 0 Å². The molecule has 1 atom stereocenters. The summed E-state index contributed by atoms with van der Waals surface area (Å²) in [5.74, 6) is 0.982. The van der Waals surface area contributed by atoms with Crippen molar-refractivity contribution in [2.75, 3.05) is 65.6 Å². The molecule has 0 aromatic rings. The number of morpholine rings is 1. The van der Waals surface area contributed by atoms with E-state index >= 15 is 0 Å². The van der Waals surface area contributed by atoms with Crippen molar-refractivity contribution in [1.82, 2.24) is 20.4 Å². The quantitative estimate of drug-likeness (QED) is 0.351. The second kappa shape index (κ2) is 13.3. The first-order valence-electron chi connectivity index (χ1n) is 10.9. The molecule has 0 bridgehead atoms. The summed E-state index contributed by atoms with van der Waals surface area (Å²) < 4.78 is 5.41. The van der Waals surface area contributed by atoms with Gasteiger partial charge < -0.3 is 15.4 Å². The van der Waals surface area contributed by atoms with Crippen molar-refractivity contribution < 1.29 is 4.74 Å². The monoisotopic (exact) mass is 367 g/mol. The molecule has 6 heteroatoms. The molecule has 2 saturated heterocycles. The summed E-state index contributed by atoms with van der Waals surface area (Å²) in [6.45, 7) is 14.8. The van der Waals surface area contributed by atoms with Crippen LogP contribution in [-0.2, 0) is 4.74 Å². The van der Waals surface area contributed by atoms with Crippen LogP contribution in [0, 0.1) is 0 Å². The molecule has 6 nitrogen and oxygen atoms in total. The third-order valence-corrected chi connectivity index (χ3v) is 5.40. The van der Waals surface area contributed by atoms with Crippen LogP contribution in [0.5, 0.6) is 0 Å². The Hall–Kier alpha value is -0.850. The molecule has 0 saturated carbocycles. The molecule has 2 fully saturated rings. The summed E-state index contributed by atoms with van der Waals surface area (Å²) in [6.07, 6.45) is 7.73. The van der Waals surface area contributed by atoms with Crippen LogP contribution in [0.15, 0.2) is 4.99 Å². The van der Waals surface area contributed by atoms with E-state index in [1.54, 1.807) is 0 Å². The summed E-state index contributed by atoms with van der Waals surface area (Å²) in [6, 6.07) is 0.624. The third-order valence-electron chi connectivity index (χ3n) is 5.40. The normalized spacial score (nSPS) is 23.2. The fraction of sp³-hybridized carbons (Fsp3) is 0.950. The molecule has 1 unspecified atom stereocenters. The standard InChI is InChI=1S/C20H41N5O/c1-3-5-12-25-13-7-6-9-19(25)18-23-20(21-4-2)22-10-8-11-24-14-16-26-17-15-24/h19H,3-18H2,1-2H3,(H2,21,22,23). The molecule has 2 N–H and O–H groups in total. The van der Waals surface area contributed by atoms with Gasteiger partial charge in [-0.05, 0) is 52.2 Å². The lowest BCUT2D eigenvalue weighted by Gasteiger charge is -2.35. The van der Waals surface area contributed by atoms with Gasteiger partial charge in [-0.25, -0.2) is 0 Å². The van der Waals surface area contributed by atoms with Crippen molar-refractivity contribution in [2.24, 2.45) is 4.99 Å². The van der Waals surface area contributed by atoms with Gasteiger partial charge in [-0.1, -0.05) is 19.8 Å². The minimum absolute atomic E-state index is 0.624. The Kier molecular flexibility index (Phi) is 11.0. The molecular weight excluding hydrogens is 326 g/mol. The topological polar surface area (TPSA) is 52.1 Å². The number of likely N-dealkylation sites (tertiary alicyclic amines) is 1. The molecular formula is C20H41N5O. The molecule has 0 aromatic carbocycles. The van der Waals surface area contributed by atoms with Gasteiger partial charge in [-0.2, -0.15) is 0 Å². The Morgan fingerprint density at radius 2 is 1.88 bits per heavy atom. The van der Waals surface area contributed by atoms with Crippen molar-refractivity contribution in [3.63, 3.8) is 0 Å². The molecule has 0 spiro atoms. The number of ether oxygens (including phenoxy) is 1. The molecule has 0 aliphatic carbocycles. The fourth-order valence-electron chi connectivity index (χ4n) is 3.79. The zero-order chi connectivity index (χ0) is 18.5. The van der Waals surface area contributed by atoms with Crippen LogP contribution < -0.4 is 10.6 Å². The van der Waals surface area contributed by atoms with Crippen LogP contribution in [0.1, 0.15) is 52.4 Å². The highest BCUT2D eigenvalue weighted by atomic mass is 16.5. The summed E-state index contributed by atoms with van der Waals surface area (Å²) in [5.41, 5.74) is 0. The van der Waals surface area contributed by atoms with Gasteiger partial charge in [0.15, 0.2) is 5.96 Å². The molecule has 0 amide bonds. The average molecular weight is 368 g/mol. The summed E-state index contributed by atoms with van der Waals surface area (Å²) in [5, 5.41) is 6.93. The van der Waals surface area contributed by atoms with Gasteiger partial charge in [-0.3, -0.25) is 14.8 Å². The van der Waals surface area contributed by atoms with Crippen LogP contribution in [0.2, 0.25) is 0 Å². The first-order chi connectivity index (χ1) is 12.8. The van der Waals surface area contributed by atoms with Crippen LogP contribution in [0.25, 0.3) is 0 Å². The zero-order valence-corrected chi connectivity index (χ0v) is 17.1. The van der Waals surface area contributed by atoms with Crippen LogP contribution in [-0.4, -0.2) is 87.4 Å². The van der Waals surface area contributed by atoms with Crippen LogP contribution in [0.3, 0.4) is 0 Å². The molecule has 2 heterocycles. The molecule has 2 aliphatic rings.